The Bertz CT molecular complexity index is 715. The second-order valence-corrected chi connectivity index (χ2v) is 6.14. The Labute approximate surface area is 144 Å². The third-order valence-corrected chi connectivity index (χ3v) is 4.41. The van der Waals surface area contributed by atoms with Crippen LogP contribution in [0.25, 0.3) is 11.6 Å². The number of amides is 2. The lowest BCUT2D eigenvalue weighted by Crippen LogP contribution is -2.49. The lowest BCUT2D eigenvalue weighted by molar-refractivity contribution is 0.130. The van der Waals surface area contributed by atoms with Gasteiger partial charge in [0.2, 0.25) is 17.5 Å². The molecule has 0 radical (unpaired) electrons. The summed E-state index contributed by atoms with van der Waals surface area (Å²) in [6, 6.07) is 1.48. The Balaban J connectivity index is 1.51. The van der Waals surface area contributed by atoms with Crippen LogP contribution in [0, 0.1) is 0 Å². The number of urea groups is 1. The van der Waals surface area contributed by atoms with Crippen molar-refractivity contribution in [2.75, 3.05) is 19.6 Å². The summed E-state index contributed by atoms with van der Waals surface area (Å²) in [4.78, 5) is 27.1. The van der Waals surface area contributed by atoms with Crippen molar-refractivity contribution in [3.63, 3.8) is 0 Å². The normalized spacial score (nSPS) is 21.4. The van der Waals surface area contributed by atoms with Crippen LogP contribution in [-0.4, -0.2) is 56.7 Å². The molecule has 25 heavy (non-hydrogen) atoms. The third kappa shape index (κ3) is 3.44. The second kappa shape index (κ2) is 7.11. The summed E-state index contributed by atoms with van der Waals surface area (Å²) in [6.45, 7) is 2.09. The van der Waals surface area contributed by atoms with E-state index in [-0.39, 0.29) is 18.1 Å². The van der Waals surface area contributed by atoms with Crippen molar-refractivity contribution in [2.24, 2.45) is 0 Å². The number of hydrazine groups is 1. The highest BCUT2D eigenvalue weighted by atomic mass is 16.5. The summed E-state index contributed by atoms with van der Waals surface area (Å²) in [5.41, 5.74) is 6.01. The van der Waals surface area contributed by atoms with Crippen molar-refractivity contribution in [1.82, 2.24) is 41.2 Å². The van der Waals surface area contributed by atoms with Gasteiger partial charge in [-0.2, -0.15) is 4.98 Å². The Morgan fingerprint density at radius 2 is 2.00 bits per heavy atom. The van der Waals surface area contributed by atoms with Gasteiger partial charge in [0, 0.05) is 32.0 Å². The number of carbonyl (C=O) groups excluding carboxylic acids is 1. The Morgan fingerprint density at radius 1 is 1.20 bits per heavy atom. The van der Waals surface area contributed by atoms with Crippen LogP contribution in [-0.2, 0) is 0 Å². The van der Waals surface area contributed by atoms with E-state index in [0.29, 0.717) is 37.2 Å². The predicted octanol–water partition coefficient (Wildman–Crippen LogP) is 0.240. The Hall–Kier alpha value is -2.59. The van der Waals surface area contributed by atoms with Gasteiger partial charge < -0.3 is 14.7 Å². The van der Waals surface area contributed by atoms with E-state index in [1.165, 1.54) is 0 Å². The lowest BCUT2D eigenvalue weighted by atomic mass is 10.0. The smallest absolute Gasteiger partial charge is 0.318 e. The number of carbonyl (C=O) groups is 1. The molecule has 4 rings (SSSR count). The molecule has 10 nitrogen and oxygen atoms in total. The van der Waals surface area contributed by atoms with Crippen LogP contribution in [0.15, 0.2) is 23.0 Å². The van der Waals surface area contributed by atoms with E-state index in [1.54, 1.807) is 23.4 Å². The summed E-state index contributed by atoms with van der Waals surface area (Å²) in [5.74, 6) is 1.18. The zero-order valence-electron chi connectivity index (χ0n) is 13.7. The van der Waals surface area contributed by atoms with Gasteiger partial charge in [0.25, 0.3) is 0 Å². The molecule has 1 unspecified atom stereocenters. The molecule has 2 aliphatic rings. The van der Waals surface area contributed by atoms with Gasteiger partial charge in [-0.05, 0) is 25.3 Å². The highest BCUT2D eigenvalue weighted by molar-refractivity contribution is 5.75. The van der Waals surface area contributed by atoms with Gasteiger partial charge in [0.1, 0.15) is 6.04 Å². The first kappa shape index (κ1) is 15.9. The van der Waals surface area contributed by atoms with Gasteiger partial charge in [-0.3, -0.25) is 10.9 Å². The first-order chi connectivity index (χ1) is 12.3. The van der Waals surface area contributed by atoms with Crippen molar-refractivity contribution in [3.05, 3.63) is 24.4 Å². The zero-order chi connectivity index (χ0) is 17.1. The van der Waals surface area contributed by atoms with Crippen molar-refractivity contribution >= 4 is 6.03 Å². The average molecular weight is 344 g/mol. The zero-order valence-corrected chi connectivity index (χ0v) is 13.7. The van der Waals surface area contributed by atoms with Gasteiger partial charge in [-0.1, -0.05) is 5.16 Å². The number of piperidine rings is 1. The second-order valence-electron chi connectivity index (χ2n) is 6.14. The highest BCUT2D eigenvalue weighted by Crippen LogP contribution is 2.30. The molecule has 4 heterocycles. The fourth-order valence-corrected chi connectivity index (χ4v) is 3.13. The van der Waals surface area contributed by atoms with Gasteiger partial charge >= 0.3 is 6.03 Å². The molecule has 3 N–H and O–H groups in total. The summed E-state index contributed by atoms with van der Waals surface area (Å²) in [6.07, 6.45) is 6.03. The number of likely N-dealkylation sites (tertiary alicyclic amines) is 1. The molecule has 132 valence electrons. The number of nitrogens with one attached hydrogen (secondary N) is 3. The molecule has 2 fully saturated rings. The first-order valence-corrected chi connectivity index (χ1v) is 8.45. The molecule has 1 atom stereocenters. The van der Waals surface area contributed by atoms with Crippen LogP contribution in [0.4, 0.5) is 4.79 Å². The summed E-state index contributed by atoms with van der Waals surface area (Å²) >= 11 is 0. The Kier molecular flexibility index (Phi) is 4.53. The molecule has 0 saturated carbocycles. The van der Waals surface area contributed by atoms with Crippen molar-refractivity contribution < 1.29 is 9.32 Å². The molecule has 0 aromatic carbocycles. The Morgan fingerprint density at radius 3 is 2.80 bits per heavy atom. The van der Waals surface area contributed by atoms with Crippen LogP contribution in [0.3, 0.4) is 0 Å². The minimum Gasteiger partial charge on any atom is -0.337 e. The maximum Gasteiger partial charge on any atom is 0.318 e. The summed E-state index contributed by atoms with van der Waals surface area (Å²) < 4.78 is 5.42. The number of nitrogens with zero attached hydrogens (tertiary/aromatic N) is 5. The molecule has 0 spiro atoms. The molecule has 2 saturated heterocycles. The van der Waals surface area contributed by atoms with E-state index >= 15 is 0 Å². The van der Waals surface area contributed by atoms with E-state index in [2.05, 4.69) is 36.3 Å². The van der Waals surface area contributed by atoms with Crippen LogP contribution in [0.1, 0.15) is 31.2 Å². The molecular formula is C15H20N8O2. The predicted molar refractivity (Wildman–Crippen MR) is 86.9 cm³/mol. The van der Waals surface area contributed by atoms with Gasteiger partial charge in [0.05, 0.1) is 6.04 Å². The minimum atomic E-state index is -0.221. The van der Waals surface area contributed by atoms with Gasteiger partial charge in [-0.25, -0.2) is 14.8 Å². The first-order valence-electron chi connectivity index (χ1n) is 8.45. The summed E-state index contributed by atoms with van der Waals surface area (Å²) in [7, 11) is 0. The topological polar surface area (TPSA) is 121 Å². The van der Waals surface area contributed by atoms with Crippen molar-refractivity contribution in [1.29, 1.82) is 0 Å². The molecule has 0 aliphatic carbocycles. The average Bonchev–Trinajstić information content (AvgIpc) is 3.34. The molecule has 10 heteroatoms. The molecule has 2 amide bonds. The standard InChI is InChI=1S/C15H20N8O2/c24-15(20-10-8-18-19-9-10)23-7-2-1-4-11(23)14-21-13(22-25-14)12-16-5-3-6-17-12/h3,5-6,10-11,18-19H,1-2,4,7-9H2,(H,20,24). The number of hydrogen-bond acceptors (Lipinski definition) is 8. The van der Waals surface area contributed by atoms with Gasteiger partial charge in [0.15, 0.2) is 0 Å². The number of rotatable bonds is 3. The van der Waals surface area contributed by atoms with Crippen LogP contribution < -0.4 is 16.2 Å². The monoisotopic (exact) mass is 344 g/mol. The molecule has 2 aromatic heterocycles. The van der Waals surface area contributed by atoms with Crippen LogP contribution in [0.2, 0.25) is 0 Å². The maximum atomic E-state index is 12.7. The van der Waals surface area contributed by atoms with Crippen molar-refractivity contribution in [2.45, 2.75) is 31.3 Å². The molecule has 0 bridgehead atoms. The minimum absolute atomic E-state index is 0.0750. The number of aromatic nitrogens is 4. The van der Waals surface area contributed by atoms with Gasteiger partial charge in [-0.15, -0.1) is 0 Å². The van der Waals surface area contributed by atoms with E-state index < -0.39 is 0 Å². The van der Waals surface area contributed by atoms with E-state index in [1.807, 2.05) is 0 Å². The van der Waals surface area contributed by atoms with Crippen LogP contribution >= 0.6 is 0 Å². The molecule has 2 aromatic rings. The van der Waals surface area contributed by atoms with E-state index in [9.17, 15) is 4.79 Å². The lowest BCUT2D eigenvalue weighted by Gasteiger charge is -2.34. The highest BCUT2D eigenvalue weighted by Gasteiger charge is 2.33. The largest absolute Gasteiger partial charge is 0.337 e. The van der Waals surface area contributed by atoms with Crippen molar-refractivity contribution in [3.8, 4) is 11.6 Å². The summed E-state index contributed by atoms with van der Waals surface area (Å²) in [5, 5.41) is 7.00. The number of hydrogen-bond donors (Lipinski definition) is 3. The van der Waals surface area contributed by atoms with E-state index in [0.717, 1.165) is 19.3 Å². The molecular weight excluding hydrogens is 324 g/mol. The fraction of sp³-hybridized carbons (Fsp3) is 0.533. The third-order valence-electron chi connectivity index (χ3n) is 4.41. The maximum absolute atomic E-state index is 12.7. The molecule has 2 aliphatic heterocycles. The van der Waals surface area contributed by atoms with Crippen LogP contribution in [0.5, 0.6) is 0 Å². The fourth-order valence-electron chi connectivity index (χ4n) is 3.13. The SMILES string of the molecule is O=C(NC1CNNC1)N1CCCCC1c1nc(-c2ncccn2)no1. The van der Waals surface area contributed by atoms with E-state index in [4.69, 9.17) is 4.52 Å². The quantitative estimate of drug-likeness (QED) is 0.724.